The average Bonchev–Trinajstić information content (AvgIpc) is 3.51. The number of aryl methyl sites for hydroxylation is 2. The van der Waals surface area contributed by atoms with Crippen molar-refractivity contribution in [2.24, 2.45) is 5.92 Å². The fourth-order valence-corrected chi connectivity index (χ4v) is 5.08. The Labute approximate surface area is 235 Å². The lowest BCUT2D eigenvalue weighted by Gasteiger charge is -2.15. The minimum absolute atomic E-state index is 0.00385. The Morgan fingerprint density at radius 3 is 2.65 bits per heavy atom. The number of anilines is 2. The van der Waals surface area contributed by atoms with Gasteiger partial charge in [0.15, 0.2) is 5.82 Å². The van der Waals surface area contributed by atoms with E-state index >= 15 is 4.39 Å². The van der Waals surface area contributed by atoms with E-state index < -0.39 is 11.7 Å². The van der Waals surface area contributed by atoms with Gasteiger partial charge in [0, 0.05) is 29.6 Å². The molecular weight excluding hydrogens is 549 g/mol. The first-order chi connectivity index (χ1) is 19.1. The van der Waals surface area contributed by atoms with Gasteiger partial charge in [-0.2, -0.15) is 10.2 Å². The average molecular weight is 579 g/mol. The molecule has 0 bridgehead atoms. The van der Waals surface area contributed by atoms with Crippen LogP contribution in [0, 0.1) is 25.6 Å². The third-order valence-electron chi connectivity index (χ3n) is 6.82. The van der Waals surface area contributed by atoms with Crippen LogP contribution in [0.5, 0.6) is 0 Å². The monoisotopic (exact) mass is 578 g/mol. The number of aromatic nitrogens is 6. The second-order valence-electron chi connectivity index (χ2n) is 9.82. The molecule has 1 aliphatic rings. The molecule has 2 amide bonds. The van der Waals surface area contributed by atoms with E-state index in [9.17, 15) is 9.59 Å². The molecule has 206 valence electrons. The van der Waals surface area contributed by atoms with Crippen molar-refractivity contribution < 1.29 is 14.0 Å². The maximum Gasteiger partial charge on any atom is 0.276 e. The Morgan fingerprint density at radius 2 is 1.98 bits per heavy atom. The zero-order valence-corrected chi connectivity index (χ0v) is 24.6. The first-order valence-electron chi connectivity index (χ1n) is 12.7. The lowest BCUT2D eigenvalue weighted by Crippen LogP contribution is -2.27. The van der Waals surface area contributed by atoms with Crippen molar-refractivity contribution >= 4 is 41.8 Å². The standard InChI is InChI=1S/C27H29FN8O2P2/c1-14-4-6-19(27(39)40)22(23(14)28)20-11-29-16(3)24(32-20)25(37)31-18-10-30-35(13-18)12-17-5-7-21(34-33-17)36-9-8-15(2)26(36)38/h4-7,10-11,13,15,27H,8-9,12,39-40H2,1-3H3,(H,31,37)/t15-/m1/s1. The number of hydrogen-bond donors (Lipinski definition) is 1. The molecule has 2 unspecified atom stereocenters. The Balaban J connectivity index is 1.31. The summed E-state index contributed by atoms with van der Waals surface area (Å²) in [5.41, 5.74) is 3.41. The van der Waals surface area contributed by atoms with Crippen molar-refractivity contribution in [2.75, 3.05) is 16.8 Å². The van der Waals surface area contributed by atoms with Crippen molar-refractivity contribution in [3.63, 3.8) is 0 Å². The van der Waals surface area contributed by atoms with E-state index in [1.54, 1.807) is 47.8 Å². The number of rotatable bonds is 7. The molecule has 1 aromatic carbocycles. The minimum Gasteiger partial charge on any atom is -0.318 e. The van der Waals surface area contributed by atoms with Gasteiger partial charge >= 0.3 is 0 Å². The summed E-state index contributed by atoms with van der Waals surface area (Å²) < 4.78 is 16.8. The van der Waals surface area contributed by atoms with Gasteiger partial charge in [0.2, 0.25) is 5.91 Å². The molecule has 3 aromatic heterocycles. The highest BCUT2D eigenvalue weighted by molar-refractivity contribution is 7.37. The summed E-state index contributed by atoms with van der Waals surface area (Å²) in [6, 6.07) is 7.14. The van der Waals surface area contributed by atoms with Gasteiger partial charge < -0.3 is 5.32 Å². The van der Waals surface area contributed by atoms with Crippen LogP contribution in [0.2, 0.25) is 0 Å². The van der Waals surface area contributed by atoms with Crippen molar-refractivity contribution in [3.05, 3.63) is 76.9 Å². The second kappa shape index (κ2) is 11.4. The van der Waals surface area contributed by atoms with Crippen LogP contribution in [-0.2, 0) is 11.3 Å². The van der Waals surface area contributed by atoms with Crippen molar-refractivity contribution in [2.45, 2.75) is 39.1 Å². The molecule has 1 aliphatic heterocycles. The molecule has 0 aliphatic carbocycles. The normalized spacial score (nSPS) is 15.2. The number of carbonyl (C=O) groups is 2. The summed E-state index contributed by atoms with van der Waals surface area (Å²) in [7, 11) is 5.25. The Bertz CT molecular complexity index is 1590. The molecule has 4 heterocycles. The van der Waals surface area contributed by atoms with Crippen LogP contribution in [-0.4, -0.2) is 48.3 Å². The van der Waals surface area contributed by atoms with E-state index in [0.717, 1.165) is 12.0 Å². The summed E-state index contributed by atoms with van der Waals surface area (Å²) in [5, 5.41) is 15.4. The van der Waals surface area contributed by atoms with Crippen molar-refractivity contribution in [3.8, 4) is 11.3 Å². The fraction of sp³-hybridized carbons (Fsp3) is 0.296. The topological polar surface area (TPSA) is 119 Å². The number of nitrogens with one attached hydrogen (secondary N) is 1. The van der Waals surface area contributed by atoms with Gasteiger partial charge in [0.05, 0.1) is 41.7 Å². The van der Waals surface area contributed by atoms with E-state index in [1.165, 1.54) is 12.4 Å². The Morgan fingerprint density at radius 1 is 1.18 bits per heavy atom. The molecule has 1 N–H and O–H groups in total. The number of carbonyl (C=O) groups excluding carboxylic acids is 2. The van der Waals surface area contributed by atoms with Crippen LogP contribution in [0.1, 0.15) is 51.7 Å². The first kappa shape index (κ1) is 27.9. The summed E-state index contributed by atoms with van der Waals surface area (Å²) >= 11 is 0. The summed E-state index contributed by atoms with van der Waals surface area (Å²) in [4.78, 5) is 35.9. The van der Waals surface area contributed by atoms with E-state index in [-0.39, 0.29) is 28.6 Å². The van der Waals surface area contributed by atoms with Crippen LogP contribution >= 0.6 is 18.5 Å². The SMILES string of the molecule is Cc1ccc(C(P)P)c(-c2cnc(C)c(C(=O)Nc3cnn(Cc4ccc(N5CC[C@@H](C)C5=O)nn4)c3)n2)c1F. The maximum absolute atomic E-state index is 15.2. The van der Waals surface area contributed by atoms with Crippen LogP contribution in [0.3, 0.4) is 0 Å². The predicted octanol–water partition coefficient (Wildman–Crippen LogP) is 4.31. The van der Waals surface area contributed by atoms with E-state index in [4.69, 9.17) is 0 Å². The predicted molar refractivity (Wildman–Crippen MR) is 157 cm³/mol. The van der Waals surface area contributed by atoms with E-state index in [1.807, 2.05) is 13.0 Å². The van der Waals surface area contributed by atoms with Crippen molar-refractivity contribution in [1.29, 1.82) is 0 Å². The molecule has 4 aromatic rings. The van der Waals surface area contributed by atoms with Gasteiger partial charge in [-0.15, -0.1) is 23.6 Å². The van der Waals surface area contributed by atoms with Gasteiger partial charge in [-0.25, -0.2) is 9.37 Å². The maximum atomic E-state index is 15.2. The highest BCUT2D eigenvalue weighted by atomic mass is 31.1. The molecule has 40 heavy (non-hydrogen) atoms. The minimum atomic E-state index is -0.483. The van der Waals surface area contributed by atoms with Crippen LogP contribution in [0.25, 0.3) is 11.3 Å². The Hall–Kier alpha value is -3.68. The highest BCUT2D eigenvalue weighted by Crippen LogP contribution is 2.38. The van der Waals surface area contributed by atoms with Gasteiger partial charge in [-0.3, -0.25) is 24.2 Å². The largest absolute Gasteiger partial charge is 0.318 e. The second-order valence-corrected chi connectivity index (χ2v) is 12.0. The lowest BCUT2D eigenvalue weighted by molar-refractivity contribution is -0.119. The number of benzene rings is 1. The first-order valence-corrected chi connectivity index (χ1v) is 14.1. The number of nitrogens with zero attached hydrogens (tertiary/aromatic N) is 7. The smallest absolute Gasteiger partial charge is 0.276 e. The number of amides is 2. The van der Waals surface area contributed by atoms with E-state index in [2.05, 4.69) is 49.1 Å². The summed E-state index contributed by atoms with van der Waals surface area (Å²) in [5.74, 6) is -0.286. The van der Waals surface area contributed by atoms with Crippen LogP contribution < -0.4 is 10.2 Å². The quantitative estimate of drug-likeness (QED) is 0.325. The third kappa shape index (κ3) is 5.62. The van der Waals surface area contributed by atoms with Crippen LogP contribution in [0.15, 0.2) is 42.9 Å². The third-order valence-corrected chi connectivity index (χ3v) is 7.54. The van der Waals surface area contributed by atoms with Gasteiger partial charge in [-0.1, -0.05) is 19.1 Å². The lowest BCUT2D eigenvalue weighted by atomic mass is 10.0. The van der Waals surface area contributed by atoms with Crippen molar-refractivity contribution in [1.82, 2.24) is 29.9 Å². The molecule has 1 saturated heterocycles. The van der Waals surface area contributed by atoms with E-state index in [0.29, 0.717) is 47.1 Å². The molecule has 13 heteroatoms. The number of hydrogen-bond acceptors (Lipinski definition) is 7. The Kier molecular flexibility index (Phi) is 7.97. The van der Waals surface area contributed by atoms with Crippen LogP contribution in [0.4, 0.5) is 15.9 Å². The highest BCUT2D eigenvalue weighted by Gasteiger charge is 2.30. The molecule has 3 atom stereocenters. The molecule has 0 radical (unpaired) electrons. The molecule has 0 saturated carbocycles. The zero-order valence-electron chi connectivity index (χ0n) is 22.3. The zero-order chi connectivity index (χ0) is 28.6. The van der Waals surface area contributed by atoms with Gasteiger partial charge in [0.25, 0.3) is 5.91 Å². The number of halogens is 1. The molecule has 10 nitrogen and oxygen atoms in total. The molecular formula is C27H29FN8O2P2. The van der Waals surface area contributed by atoms with Gasteiger partial charge in [-0.05, 0) is 43.5 Å². The molecule has 0 spiro atoms. The fourth-order valence-electron chi connectivity index (χ4n) is 4.52. The molecule has 5 rings (SSSR count). The summed E-state index contributed by atoms with van der Waals surface area (Å²) in [6.45, 7) is 6.23. The summed E-state index contributed by atoms with van der Waals surface area (Å²) in [6.07, 6.45) is 5.47. The molecule has 1 fully saturated rings. The van der Waals surface area contributed by atoms with Gasteiger partial charge in [0.1, 0.15) is 11.5 Å².